The van der Waals surface area contributed by atoms with Gasteiger partial charge in [0.2, 0.25) is 0 Å². The number of hydrogen-bond donors (Lipinski definition) is 0. The van der Waals surface area contributed by atoms with Crippen LogP contribution in [0.15, 0.2) is 53.7 Å². The number of piperazine rings is 1. The molecular formula is C24H31N3O3. The van der Waals surface area contributed by atoms with Crippen LogP contribution in [-0.2, 0) is 4.84 Å². The minimum atomic E-state index is 0.155. The lowest BCUT2D eigenvalue weighted by Gasteiger charge is -2.36. The molecule has 6 heteroatoms. The predicted octanol–water partition coefficient (Wildman–Crippen LogP) is 3.80. The number of ether oxygens (including phenoxy) is 2. The van der Waals surface area contributed by atoms with E-state index in [0.29, 0.717) is 0 Å². The first-order chi connectivity index (χ1) is 14.7. The Bertz CT molecular complexity index is 826. The molecule has 30 heavy (non-hydrogen) atoms. The zero-order valence-corrected chi connectivity index (χ0v) is 17.9. The molecule has 0 radical (unpaired) electrons. The molecule has 2 aliphatic heterocycles. The smallest absolute Gasteiger partial charge is 0.133 e. The molecule has 6 nitrogen and oxygen atoms in total. The first-order valence-corrected chi connectivity index (χ1v) is 10.7. The highest BCUT2D eigenvalue weighted by atomic mass is 16.6. The van der Waals surface area contributed by atoms with Crippen LogP contribution in [0.3, 0.4) is 0 Å². The highest BCUT2D eigenvalue weighted by molar-refractivity contribution is 6.01. The van der Waals surface area contributed by atoms with E-state index in [1.165, 1.54) is 5.69 Å². The van der Waals surface area contributed by atoms with E-state index in [1.54, 1.807) is 14.2 Å². The highest BCUT2D eigenvalue weighted by Gasteiger charge is 2.24. The largest absolute Gasteiger partial charge is 0.497 e. The number of rotatable bonds is 8. The van der Waals surface area contributed by atoms with Gasteiger partial charge in [-0.3, -0.25) is 4.90 Å². The molecule has 0 aliphatic carbocycles. The van der Waals surface area contributed by atoms with Gasteiger partial charge in [0.25, 0.3) is 0 Å². The van der Waals surface area contributed by atoms with Crippen molar-refractivity contribution in [2.24, 2.45) is 5.16 Å². The molecule has 2 aliphatic rings. The van der Waals surface area contributed by atoms with E-state index >= 15 is 0 Å². The van der Waals surface area contributed by atoms with Crippen LogP contribution in [0, 0.1) is 0 Å². The molecule has 0 N–H and O–H groups in total. The van der Waals surface area contributed by atoms with Crippen molar-refractivity contribution in [2.45, 2.75) is 25.4 Å². The molecule has 160 valence electrons. The van der Waals surface area contributed by atoms with Gasteiger partial charge in [-0.1, -0.05) is 23.4 Å². The van der Waals surface area contributed by atoms with Gasteiger partial charge < -0.3 is 19.2 Å². The quantitative estimate of drug-likeness (QED) is 0.664. The second-order valence-corrected chi connectivity index (χ2v) is 7.88. The zero-order valence-electron chi connectivity index (χ0n) is 17.9. The van der Waals surface area contributed by atoms with Crippen molar-refractivity contribution in [3.05, 3.63) is 54.1 Å². The molecular weight excluding hydrogens is 378 g/mol. The van der Waals surface area contributed by atoms with Crippen LogP contribution in [0.1, 0.15) is 24.8 Å². The summed E-state index contributed by atoms with van der Waals surface area (Å²) in [4.78, 5) is 10.7. The van der Waals surface area contributed by atoms with Crippen LogP contribution in [-0.4, -0.2) is 63.7 Å². The second kappa shape index (κ2) is 9.85. The molecule has 2 heterocycles. The van der Waals surface area contributed by atoms with E-state index in [-0.39, 0.29) is 6.10 Å². The average Bonchev–Trinajstić information content (AvgIpc) is 3.29. The Morgan fingerprint density at radius 1 is 0.967 bits per heavy atom. The maximum Gasteiger partial charge on any atom is 0.133 e. The summed E-state index contributed by atoms with van der Waals surface area (Å²) >= 11 is 0. The van der Waals surface area contributed by atoms with Crippen molar-refractivity contribution in [1.82, 2.24) is 4.90 Å². The van der Waals surface area contributed by atoms with Gasteiger partial charge >= 0.3 is 0 Å². The third kappa shape index (κ3) is 5.05. The zero-order chi connectivity index (χ0) is 20.8. The molecule has 4 rings (SSSR count). The third-order valence-corrected chi connectivity index (χ3v) is 5.91. The maximum atomic E-state index is 5.71. The topological polar surface area (TPSA) is 46.5 Å². The summed E-state index contributed by atoms with van der Waals surface area (Å²) in [6.45, 7) is 5.53. The summed E-state index contributed by atoms with van der Waals surface area (Å²) in [5.41, 5.74) is 3.30. The van der Waals surface area contributed by atoms with E-state index < -0.39 is 0 Å². The summed E-state index contributed by atoms with van der Waals surface area (Å²) in [7, 11) is 3.32. The van der Waals surface area contributed by atoms with Crippen molar-refractivity contribution in [2.75, 3.05) is 51.8 Å². The highest BCUT2D eigenvalue weighted by Crippen LogP contribution is 2.27. The Morgan fingerprint density at radius 3 is 2.33 bits per heavy atom. The molecule has 1 atom stereocenters. The fourth-order valence-electron chi connectivity index (χ4n) is 4.14. The Labute approximate surface area is 179 Å². The van der Waals surface area contributed by atoms with Gasteiger partial charge in [0.1, 0.15) is 17.6 Å². The number of benzene rings is 2. The van der Waals surface area contributed by atoms with Gasteiger partial charge in [0.15, 0.2) is 0 Å². The summed E-state index contributed by atoms with van der Waals surface area (Å²) in [6, 6.07) is 16.5. The average molecular weight is 410 g/mol. The van der Waals surface area contributed by atoms with Crippen LogP contribution < -0.4 is 14.4 Å². The Balaban J connectivity index is 1.20. The molecule has 2 aromatic carbocycles. The molecule has 1 saturated heterocycles. The van der Waals surface area contributed by atoms with E-state index in [9.17, 15) is 0 Å². The molecule has 1 unspecified atom stereocenters. The first kappa shape index (κ1) is 20.5. The van der Waals surface area contributed by atoms with E-state index in [1.807, 2.05) is 18.2 Å². The number of hydrogen-bond acceptors (Lipinski definition) is 6. The standard InChI is InChI=1S/C24H31N3O3/c1-28-22-15-19(16-23(17-22)29-2)24-18-21(30-25-24)9-6-10-26-11-13-27(14-12-26)20-7-4-3-5-8-20/h3-5,7-8,15-17,21H,6,9-14,18H2,1-2H3. The second-order valence-electron chi connectivity index (χ2n) is 7.88. The molecule has 0 bridgehead atoms. The molecule has 0 amide bonds. The minimum Gasteiger partial charge on any atom is -0.497 e. The van der Waals surface area contributed by atoms with Crippen LogP contribution in [0.4, 0.5) is 5.69 Å². The third-order valence-electron chi connectivity index (χ3n) is 5.91. The number of nitrogens with zero attached hydrogens (tertiary/aromatic N) is 3. The number of para-hydroxylation sites is 1. The van der Waals surface area contributed by atoms with Crippen LogP contribution in [0.25, 0.3) is 0 Å². The molecule has 0 aromatic heterocycles. The lowest BCUT2D eigenvalue weighted by Crippen LogP contribution is -2.46. The maximum absolute atomic E-state index is 5.71. The Morgan fingerprint density at radius 2 is 1.67 bits per heavy atom. The van der Waals surface area contributed by atoms with E-state index in [0.717, 1.165) is 74.8 Å². The molecule has 0 saturated carbocycles. The van der Waals surface area contributed by atoms with Crippen molar-refractivity contribution in [1.29, 1.82) is 0 Å². The number of methoxy groups -OCH3 is 2. The molecule has 0 spiro atoms. The van der Waals surface area contributed by atoms with Crippen molar-refractivity contribution in [3.63, 3.8) is 0 Å². The Kier molecular flexibility index (Phi) is 6.74. The minimum absolute atomic E-state index is 0.155. The monoisotopic (exact) mass is 409 g/mol. The first-order valence-electron chi connectivity index (χ1n) is 10.7. The SMILES string of the molecule is COc1cc(OC)cc(C2=NOC(CCCN3CCN(c4ccccc4)CC3)C2)c1. The lowest BCUT2D eigenvalue weighted by molar-refractivity contribution is 0.0745. The van der Waals surface area contributed by atoms with Crippen LogP contribution >= 0.6 is 0 Å². The van der Waals surface area contributed by atoms with Gasteiger partial charge in [-0.25, -0.2) is 0 Å². The molecule has 2 aromatic rings. The normalized spacial score (nSPS) is 19.3. The Hall–Kier alpha value is -2.73. The van der Waals surface area contributed by atoms with E-state index in [4.69, 9.17) is 14.3 Å². The van der Waals surface area contributed by atoms with Gasteiger partial charge in [0.05, 0.1) is 19.9 Å². The predicted molar refractivity (Wildman–Crippen MR) is 120 cm³/mol. The van der Waals surface area contributed by atoms with Crippen LogP contribution in [0.5, 0.6) is 11.5 Å². The van der Waals surface area contributed by atoms with Gasteiger partial charge in [-0.15, -0.1) is 0 Å². The summed E-state index contributed by atoms with van der Waals surface area (Å²) < 4.78 is 10.7. The number of anilines is 1. The molecule has 1 fully saturated rings. The van der Waals surface area contributed by atoms with Crippen molar-refractivity contribution < 1.29 is 14.3 Å². The summed E-state index contributed by atoms with van der Waals surface area (Å²) in [5, 5.41) is 4.33. The van der Waals surface area contributed by atoms with Crippen molar-refractivity contribution >= 4 is 11.4 Å². The summed E-state index contributed by atoms with van der Waals surface area (Å²) in [6.07, 6.45) is 3.13. The number of oxime groups is 1. The van der Waals surface area contributed by atoms with Crippen LogP contribution in [0.2, 0.25) is 0 Å². The lowest BCUT2D eigenvalue weighted by atomic mass is 10.0. The van der Waals surface area contributed by atoms with Gasteiger partial charge in [-0.05, 0) is 43.7 Å². The fraction of sp³-hybridized carbons (Fsp3) is 0.458. The fourth-order valence-corrected chi connectivity index (χ4v) is 4.14. The summed E-state index contributed by atoms with van der Waals surface area (Å²) in [5.74, 6) is 1.54. The van der Waals surface area contributed by atoms with Gasteiger partial charge in [0, 0.05) is 49.9 Å². The van der Waals surface area contributed by atoms with Crippen molar-refractivity contribution in [3.8, 4) is 11.5 Å². The van der Waals surface area contributed by atoms with E-state index in [2.05, 4.69) is 45.3 Å². The van der Waals surface area contributed by atoms with Gasteiger partial charge in [-0.2, -0.15) is 0 Å².